The molecule has 2 aromatic carbocycles. The van der Waals surface area contributed by atoms with E-state index in [4.69, 9.17) is 9.47 Å². The zero-order chi connectivity index (χ0) is 31.4. The second-order valence-corrected chi connectivity index (χ2v) is 10.4. The average molecular weight is 601 g/mol. The van der Waals surface area contributed by atoms with Gasteiger partial charge in [0.1, 0.15) is 17.6 Å². The van der Waals surface area contributed by atoms with Crippen molar-refractivity contribution in [2.75, 3.05) is 18.7 Å². The molecule has 0 saturated heterocycles. The predicted octanol–water partition coefficient (Wildman–Crippen LogP) is 4.03. The Labute approximate surface area is 252 Å². The van der Waals surface area contributed by atoms with Crippen molar-refractivity contribution in [2.45, 2.75) is 46.1 Å². The number of aromatic hydroxyl groups is 1. The number of nitrogens with zero attached hydrogens (tertiary/aromatic N) is 4. The van der Waals surface area contributed by atoms with E-state index in [-0.39, 0.29) is 29.7 Å². The molecule has 0 unspecified atom stereocenters. The molecule has 1 fully saturated rings. The number of nitrogens with one attached hydrogen (secondary N) is 2. The van der Waals surface area contributed by atoms with Gasteiger partial charge in [0.2, 0.25) is 6.79 Å². The number of ether oxygens (including phenoxy) is 2. The van der Waals surface area contributed by atoms with Crippen molar-refractivity contribution >= 4 is 40.9 Å². The Bertz CT molecular complexity index is 1730. The van der Waals surface area contributed by atoms with Crippen molar-refractivity contribution in [1.82, 2.24) is 24.8 Å². The summed E-state index contributed by atoms with van der Waals surface area (Å²) >= 11 is 0. The third kappa shape index (κ3) is 6.61. The minimum absolute atomic E-state index is 0.0740. The van der Waals surface area contributed by atoms with Crippen molar-refractivity contribution < 1.29 is 33.8 Å². The van der Waals surface area contributed by atoms with Gasteiger partial charge >= 0.3 is 12.1 Å². The summed E-state index contributed by atoms with van der Waals surface area (Å²) in [7, 11) is 0. The quantitative estimate of drug-likeness (QED) is 0.179. The highest BCUT2D eigenvalue weighted by atomic mass is 16.7. The summed E-state index contributed by atoms with van der Waals surface area (Å²) < 4.78 is 11.7. The van der Waals surface area contributed by atoms with Crippen LogP contribution in [-0.2, 0) is 20.7 Å². The molecule has 2 heterocycles. The van der Waals surface area contributed by atoms with E-state index in [0.717, 1.165) is 10.5 Å². The Morgan fingerprint density at radius 2 is 1.82 bits per heavy atom. The molecule has 4 aromatic rings. The topological polar surface area (TPSA) is 164 Å². The number of fused-ring (bicyclic) bond motifs is 1. The summed E-state index contributed by atoms with van der Waals surface area (Å²) in [5, 5.41) is 19.7. The van der Waals surface area contributed by atoms with Crippen molar-refractivity contribution in [3.8, 4) is 5.75 Å². The fourth-order valence-corrected chi connectivity index (χ4v) is 4.66. The number of hydrogen-bond donors (Lipinski definition) is 3. The summed E-state index contributed by atoms with van der Waals surface area (Å²) in [6.45, 7) is 5.32. The van der Waals surface area contributed by atoms with Gasteiger partial charge in [-0.15, -0.1) is 0 Å². The number of rotatable bonds is 10. The Balaban J connectivity index is 1.31. The van der Waals surface area contributed by atoms with Crippen LogP contribution < -0.4 is 10.6 Å². The largest absolute Gasteiger partial charge is 0.508 e. The fourth-order valence-electron chi connectivity index (χ4n) is 4.66. The molecular weight excluding hydrogens is 568 g/mol. The Hall–Kier alpha value is -5.46. The van der Waals surface area contributed by atoms with Gasteiger partial charge in [0.05, 0.1) is 12.0 Å². The Morgan fingerprint density at radius 1 is 1.07 bits per heavy atom. The second kappa shape index (κ2) is 12.8. The van der Waals surface area contributed by atoms with Crippen LogP contribution in [0.3, 0.4) is 0 Å². The molecule has 2 aromatic heterocycles. The second-order valence-electron chi connectivity index (χ2n) is 10.4. The lowest BCUT2D eigenvalue weighted by Gasteiger charge is -2.19. The van der Waals surface area contributed by atoms with Gasteiger partial charge in [0, 0.05) is 30.0 Å². The number of hydrogen-bond acceptors (Lipinski definition) is 10. The fraction of sp³-hybridized carbons (Fsp3) is 0.290. The van der Waals surface area contributed by atoms with Crippen molar-refractivity contribution in [3.05, 3.63) is 82.8 Å². The minimum Gasteiger partial charge on any atom is -0.508 e. The molecule has 1 aliphatic carbocycles. The molecule has 3 amide bonds. The molecule has 44 heavy (non-hydrogen) atoms. The zero-order valence-corrected chi connectivity index (χ0v) is 24.5. The lowest BCUT2D eigenvalue weighted by molar-refractivity contribution is -0.151. The number of aromatic nitrogens is 3. The van der Waals surface area contributed by atoms with E-state index in [0.29, 0.717) is 53.1 Å². The number of carbonyl (C=O) groups excluding carboxylic acids is 4. The van der Waals surface area contributed by atoms with Gasteiger partial charge in [0.15, 0.2) is 5.82 Å². The van der Waals surface area contributed by atoms with E-state index < -0.39 is 24.8 Å². The number of phenolic OH excluding ortho intramolecular Hbond substituents is 1. The molecular formula is C31H32N6O7. The van der Waals surface area contributed by atoms with Gasteiger partial charge in [-0.2, -0.15) is 5.10 Å². The maximum absolute atomic E-state index is 13.7. The third-order valence-corrected chi connectivity index (χ3v) is 7.16. The maximum Gasteiger partial charge on any atom is 0.419 e. The molecule has 0 bridgehead atoms. The number of phenols is 1. The van der Waals surface area contributed by atoms with Gasteiger partial charge in [-0.1, -0.05) is 18.2 Å². The number of benzene rings is 2. The molecule has 13 nitrogen and oxygen atoms in total. The summed E-state index contributed by atoms with van der Waals surface area (Å²) in [4.78, 5) is 56.7. The predicted molar refractivity (Wildman–Crippen MR) is 159 cm³/mol. The highest BCUT2D eigenvalue weighted by Crippen LogP contribution is 2.32. The number of esters is 1. The highest BCUT2D eigenvalue weighted by molar-refractivity contribution is 6.06. The van der Waals surface area contributed by atoms with Crippen LogP contribution in [0.25, 0.3) is 5.52 Å². The molecule has 5 rings (SSSR count). The first-order valence-electron chi connectivity index (χ1n) is 14.1. The first kappa shape index (κ1) is 30.0. The van der Waals surface area contributed by atoms with Crippen molar-refractivity contribution in [1.29, 1.82) is 0 Å². The van der Waals surface area contributed by atoms with Gasteiger partial charge in [0.25, 0.3) is 11.8 Å². The Kier molecular flexibility index (Phi) is 8.74. The van der Waals surface area contributed by atoms with Crippen LogP contribution in [0.4, 0.5) is 16.3 Å². The standard InChI is InChI=1S/C31H32N6O7/c1-4-32-29(40)21-8-5-18(2)25(14-21)35-28-27-19(3)24(15-36(27)34-16-33-28)30(41)37(22-9-10-22)31(42)44-17-43-26(39)13-20-6-11-23(38)12-7-20/h5-8,11-12,14-16,22,38H,4,9-10,13,17H2,1-3H3,(H,32,40)(H,33,34,35). The van der Waals surface area contributed by atoms with E-state index in [1.807, 2.05) is 19.9 Å². The van der Waals surface area contributed by atoms with Gasteiger partial charge in [-0.3, -0.25) is 14.4 Å². The molecule has 3 N–H and O–H groups in total. The van der Waals surface area contributed by atoms with E-state index in [9.17, 15) is 24.3 Å². The molecule has 0 aliphatic heterocycles. The lowest BCUT2D eigenvalue weighted by Crippen LogP contribution is -2.39. The highest BCUT2D eigenvalue weighted by Gasteiger charge is 2.40. The number of anilines is 2. The summed E-state index contributed by atoms with van der Waals surface area (Å²) in [6.07, 6.45) is 3.12. The SMILES string of the molecule is CCNC(=O)c1ccc(C)c(Nc2ncnn3cc(C(=O)N(C(=O)OCOC(=O)Cc4ccc(O)cc4)C4CC4)c(C)c23)c1. The number of carbonyl (C=O) groups is 4. The zero-order valence-electron chi connectivity index (χ0n) is 24.5. The van der Waals surface area contributed by atoms with Crippen molar-refractivity contribution in [3.63, 3.8) is 0 Å². The summed E-state index contributed by atoms with van der Waals surface area (Å²) in [6, 6.07) is 11.0. The van der Waals surface area contributed by atoms with Crippen LogP contribution in [-0.4, -0.2) is 67.9 Å². The smallest absolute Gasteiger partial charge is 0.419 e. The van der Waals surface area contributed by atoms with E-state index >= 15 is 0 Å². The van der Waals surface area contributed by atoms with E-state index in [2.05, 4.69) is 20.7 Å². The Morgan fingerprint density at radius 3 is 2.52 bits per heavy atom. The van der Waals surface area contributed by atoms with E-state index in [1.165, 1.54) is 29.2 Å². The normalized spacial score (nSPS) is 12.4. The average Bonchev–Trinajstić information content (AvgIpc) is 3.77. The van der Waals surface area contributed by atoms with Gasteiger partial charge < -0.3 is 25.2 Å². The summed E-state index contributed by atoms with van der Waals surface area (Å²) in [5.41, 5.74) is 3.92. The minimum atomic E-state index is -0.924. The molecule has 1 aliphatic rings. The molecule has 1 saturated carbocycles. The first-order chi connectivity index (χ1) is 21.2. The van der Waals surface area contributed by atoms with Crippen LogP contribution in [0, 0.1) is 13.8 Å². The molecule has 0 spiro atoms. The lowest BCUT2D eigenvalue weighted by atomic mass is 10.1. The van der Waals surface area contributed by atoms with Crippen LogP contribution in [0.5, 0.6) is 5.75 Å². The maximum atomic E-state index is 13.7. The van der Waals surface area contributed by atoms with Gasteiger partial charge in [-0.05, 0) is 74.6 Å². The number of imide groups is 1. The van der Waals surface area contributed by atoms with Crippen LogP contribution in [0.1, 0.15) is 57.2 Å². The first-order valence-corrected chi connectivity index (χ1v) is 14.1. The third-order valence-electron chi connectivity index (χ3n) is 7.16. The van der Waals surface area contributed by atoms with Crippen molar-refractivity contribution in [2.24, 2.45) is 0 Å². The number of aryl methyl sites for hydroxylation is 2. The van der Waals surface area contributed by atoms with E-state index in [1.54, 1.807) is 31.2 Å². The molecule has 13 heteroatoms. The summed E-state index contributed by atoms with van der Waals surface area (Å²) in [5.74, 6) is -0.919. The molecule has 228 valence electrons. The molecule has 0 atom stereocenters. The molecule has 0 radical (unpaired) electrons. The van der Waals surface area contributed by atoms with Crippen LogP contribution in [0.15, 0.2) is 55.0 Å². The van der Waals surface area contributed by atoms with Crippen LogP contribution >= 0.6 is 0 Å². The van der Waals surface area contributed by atoms with Crippen LogP contribution in [0.2, 0.25) is 0 Å². The number of amides is 3. The monoisotopic (exact) mass is 600 g/mol. The van der Waals surface area contributed by atoms with Gasteiger partial charge in [-0.25, -0.2) is 19.2 Å².